The highest BCUT2D eigenvalue weighted by atomic mass is 16.5. The van der Waals surface area contributed by atoms with Crippen LogP contribution in [0.5, 0.6) is 0 Å². The number of hydrogen-bond donors (Lipinski definition) is 3. The number of carboxylic acids is 1. The summed E-state index contributed by atoms with van der Waals surface area (Å²) < 4.78 is 5.52. The lowest BCUT2D eigenvalue weighted by Gasteiger charge is -2.15. The molecule has 1 fully saturated rings. The van der Waals surface area contributed by atoms with Crippen LogP contribution in [0.15, 0.2) is 48.5 Å². The molecule has 3 atom stereocenters. The number of aliphatic carboxylic acids is 1. The Morgan fingerprint density at radius 1 is 1.06 bits per heavy atom. The van der Waals surface area contributed by atoms with Crippen LogP contribution in [-0.2, 0) is 14.3 Å². The summed E-state index contributed by atoms with van der Waals surface area (Å²) in [6.45, 7) is 2.46. The molecule has 3 N–H and O–H groups in total. The van der Waals surface area contributed by atoms with Crippen LogP contribution in [0.1, 0.15) is 43.2 Å². The topological polar surface area (TPSA) is 105 Å². The lowest BCUT2D eigenvalue weighted by atomic mass is 9.98. The zero-order chi connectivity index (χ0) is 22.7. The van der Waals surface area contributed by atoms with E-state index in [1.165, 1.54) is 11.1 Å². The summed E-state index contributed by atoms with van der Waals surface area (Å²) in [6.07, 6.45) is 0.666. The van der Waals surface area contributed by atoms with Crippen LogP contribution in [0.2, 0.25) is 0 Å². The van der Waals surface area contributed by atoms with Gasteiger partial charge in [0.15, 0.2) is 0 Å². The molecule has 2 aromatic carbocycles. The van der Waals surface area contributed by atoms with E-state index in [0.29, 0.717) is 19.4 Å². The van der Waals surface area contributed by atoms with Gasteiger partial charge in [0.2, 0.25) is 5.91 Å². The molecule has 2 amide bonds. The third-order valence-corrected chi connectivity index (χ3v) is 6.37. The number of fused-ring (bicyclic) bond motifs is 3. The highest BCUT2D eigenvalue weighted by Crippen LogP contribution is 2.44. The maximum absolute atomic E-state index is 12.3. The van der Waals surface area contributed by atoms with E-state index in [1.807, 2.05) is 31.2 Å². The molecule has 0 spiro atoms. The van der Waals surface area contributed by atoms with Gasteiger partial charge in [0.25, 0.3) is 0 Å². The molecular weight excluding hydrogens is 408 g/mol. The van der Waals surface area contributed by atoms with Crippen molar-refractivity contribution in [3.05, 3.63) is 59.7 Å². The van der Waals surface area contributed by atoms with Gasteiger partial charge < -0.3 is 20.5 Å². The molecule has 32 heavy (non-hydrogen) atoms. The molecule has 0 bridgehead atoms. The summed E-state index contributed by atoms with van der Waals surface area (Å²) in [5.74, 6) is -1.20. The predicted molar refractivity (Wildman–Crippen MR) is 119 cm³/mol. The molecule has 7 heteroatoms. The fourth-order valence-electron chi connectivity index (χ4n) is 4.47. The maximum atomic E-state index is 12.3. The van der Waals surface area contributed by atoms with Crippen molar-refractivity contribution in [3.8, 4) is 11.1 Å². The van der Waals surface area contributed by atoms with Gasteiger partial charge in [0.05, 0.1) is 6.42 Å². The van der Waals surface area contributed by atoms with Gasteiger partial charge >= 0.3 is 12.1 Å². The first kappa shape index (κ1) is 21.9. The molecule has 4 rings (SSSR count). The van der Waals surface area contributed by atoms with Crippen LogP contribution in [0.25, 0.3) is 11.1 Å². The summed E-state index contributed by atoms with van der Waals surface area (Å²) in [7, 11) is 0. The minimum Gasteiger partial charge on any atom is -0.481 e. The lowest BCUT2D eigenvalue weighted by molar-refractivity contribution is -0.137. The summed E-state index contributed by atoms with van der Waals surface area (Å²) in [5.41, 5.74) is 4.67. The van der Waals surface area contributed by atoms with Gasteiger partial charge in [-0.1, -0.05) is 55.5 Å². The number of rotatable bonds is 9. The van der Waals surface area contributed by atoms with Crippen LogP contribution in [0, 0.1) is 11.8 Å². The molecule has 3 unspecified atom stereocenters. The van der Waals surface area contributed by atoms with Crippen molar-refractivity contribution in [1.82, 2.24) is 10.6 Å². The SMILES string of the molecule is CCC(CC(=O)O)NC(=O)C1CC1CNC(=O)OCC1c2ccccc2-c2ccccc21. The van der Waals surface area contributed by atoms with Crippen molar-refractivity contribution in [2.45, 2.75) is 38.1 Å². The minimum absolute atomic E-state index is 0.00723. The molecule has 0 heterocycles. The predicted octanol–water partition coefficient (Wildman–Crippen LogP) is 3.53. The Labute approximate surface area is 187 Å². The summed E-state index contributed by atoms with van der Waals surface area (Å²) in [5, 5.41) is 14.5. The average molecular weight is 437 g/mol. The van der Waals surface area contributed by atoms with Gasteiger partial charge in [0.1, 0.15) is 6.61 Å². The minimum atomic E-state index is -0.929. The van der Waals surface area contributed by atoms with Crippen molar-refractivity contribution in [2.24, 2.45) is 11.8 Å². The molecular formula is C25H28N2O5. The summed E-state index contributed by atoms with van der Waals surface area (Å²) >= 11 is 0. The molecule has 0 aromatic heterocycles. The monoisotopic (exact) mass is 436 g/mol. The number of ether oxygens (including phenoxy) is 1. The number of hydrogen-bond acceptors (Lipinski definition) is 4. The van der Waals surface area contributed by atoms with Gasteiger partial charge in [-0.2, -0.15) is 0 Å². The zero-order valence-electron chi connectivity index (χ0n) is 18.0. The first-order valence-electron chi connectivity index (χ1n) is 11.1. The molecule has 0 radical (unpaired) electrons. The quantitative estimate of drug-likeness (QED) is 0.558. The second-order valence-corrected chi connectivity index (χ2v) is 8.52. The van der Waals surface area contributed by atoms with Gasteiger partial charge in [-0.15, -0.1) is 0 Å². The number of carbonyl (C=O) groups excluding carboxylic acids is 2. The van der Waals surface area contributed by atoms with Crippen molar-refractivity contribution in [2.75, 3.05) is 13.2 Å². The first-order valence-corrected chi connectivity index (χ1v) is 11.1. The molecule has 1 saturated carbocycles. The fourth-order valence-corrected chi connectivity index (χ4v) is 4.47. The average Bonchev–Trinajstić information content (AvgIpc) is 3.51. The zero-order valence-corrected chi connectivity index (χ0v) is 18.0. The smallest absolute Gasteiger partial charge is 0.407 e. The Morgan fingerprint density at radius 3 is 2.28 bits per heavy atom. The standard InChI is InChI=1S/C25H28N2O5/c1-2-16(12-23(28)29)27-24(30)21-11-15(21)13-26-25(31)32-14-22-19-9-5-3-7-17(19)18-8-4-6-10-20(18)22/h3-10,15-16,21-22H,2,11-14H2,1H3,(H,26,31)(H,27,30)(H,28,29). The van der Waals surface area contributed by atoms with Crippen LogP contribution in [0.4, 0.5) is 4.79 Å². The first-order chi connectivity index (χ1) is 15.5. The maximum Gasteiger partial charge on any atom is 0.407 e. The number of alkyl carbamates (subject to hydrolysis) is 1. The van der Waals surface area contributed by atoms with Gasteiger partial charge in [-0.3, -0.25) is 9.59 Å². The Bertz CT molecular complexity index is 975. The lowest BCUT2D eigenvalue weighted by Crippen LogP contribution is -2.38. The molecule has 168 valence electrons. The van der Waals surface area contributed by atoms with Gasteiger partial charge in [-0.25, -0.2) is 4.79 Å². The molecule has 2 aliphatic carbocycles. The van der Waals surface area contributed by atoms with E-state index in [-0.39, 0.29) is 42.7 Å². The van der Waals surface area contributed by atoms with E-state index >= 15 is 0 Å². The number of carbonyl (C=O) groups is 3. The van der Waals surface area contributed by atoms with Crippen LogP contribution in [-0.4, -0.2) is 42.3 Å². The third kappa shape index (κ3) is 4.77. The van der Waals surface area contributed by atoms with Crippen molar-refractivity contribution >= 4 is 18.0 Å². The van der Waals surface area contributed by atoms with E-state index in [0.717, 1.165) is 11.1 Å². The number of amides is 2. The van der Waals surface area contributed by atoms with Crippen LogP contribution in [0.3, 0.4) is 0 Å². The second kappa shape index (κ2) is 9.42. The second-order valence-electron chi connectivity index (χ2n) is 8.52. The van der Waals surface area contributed by atoms with Crippen molar-refractivity contribution < 1.29 is 24.2 Å². The number of nitrogens with one attached hydrogen (secondary N) is 2. The van der Waals surface area contributed by atoms with Crippen LogP contribution >= 0.6 is 0 Å². The highest BCUT2D eigenvalue weighted by Gasteiger charge is 2.43. The van der Waals surface area contributed by atoms with Gasteiger partial charge in [-0.05, 0) is 41.0 Å². The molecule has 2 aromatic rings. The Morgan fingerprint density at radius 2 is 1.69 bits per heavy atom. The number of carboxylic acid groups (broad SMARTS) is 1. The highest BCUT2D eigenvalue weighted by molar-refractivity contribution is 5.82. The van der Waals surface area contributed by atoms with E-state index in [1.54, 1.807) is 0 Å². The summed E-state index contributed by atoms with van der Waals surface area (Å²) in [4.78, 5) is 35.4. The molecule has 0 saturated heterocycles. The molecule has 0 aliphatic heterocycles. The Balaban J connectivity index is 1.24. The van der Waals surface area contributed by atoms with E-state index in [9.17, 15) is 14.4 Å². The van der Waals surface area contributed by atoms with E-state index in [4.69, 9.17) is 9.84 Å². The van der Waals surface area contributed by atoms with E-state index in [2.05, 4.69) is 34.9 Å². The van der Waals surface area contributed by atoms with E-state index < -0.39 is 12.1 Å². The van der Waals surface area contributed by atoms with Crippen LogP contribution < -0.4 is 10.6 Å². The third-order valence-electron chi connectivity index (χ3n) is 6.37. The Hall–Kier alpha value is -3.35. The van der Waals surface area contributed by atoms with Crippen molar-refractivity contribution in [3.63, 3.8) is 0 Å². The Kier molecular flexibility index (Phi) is 6.44. The fraction of sp³-hybridized carbons (Fsp3) is 0.400. The van der Waals surface area contributed by atoms with Gasteiger partial charge in [0, 0.05) is 24.4 Å². The largest absolute Gasteiger partial charge is 0.481 e. The number of benzene rings is 2. The molecule has 7 nitrogen and oxygen atoms in total. The van der Waals surface area contributed by atoms with Crippen molar-refractivity contribution in [1.29, 1.82) is 0 Å². The normalized spacial score (nSPS) is 19.4. The summed E-state index contributed by atoms with van der Waals surface area (Å²) in [6, 6.07) is 16.0. The molecule has 2 aliphatic rings.